The monoisotopic (exact) mass is 201 g/mol. The van der Waals surface area contributed by atoms with Gasteiger partial charge in [0.15, 0.2) is 0 Å². The number of hydrogen-bond acceptors (Lipinski definition) is 4. The highest BCUT2D eigenvalue weighted by atomic mass is 16.5. The predicted molar refractivity (Wildman–Crippen MR) is 57.3 cm³/mol. The summed E-state index contributed by atoms with van der Waals surface area (Å²) in [4.78, 5) is 7.77. The minimum atomic E-state index is 0.335. The maximum Gasteiger partial charge on any atom is 0.207 e. The Morgan fingerprint density at radius 1 is 1.73 bits per heavy atom. The van der Waals surface area contributed by atoms with Crippen LogP contribution in [-0.4, -0.2) is 17.9 Å². The van der Waals surface area contributed by atoms with E-state index in [1.807, 2.05) is 6.07 Å². The summed E-state index contributed by atoms with van der Waals surface area (Å²) in [5, 5.41) is 8.66. The van der Waals surface area contributed by atoms with Crippen molar-refractivity contribution >= 4 is 5.90 Å². The fourth-order valence-electron chi connectivity index (χ4n) is 1.000. The highest BCUT2D eigenvalue weighted by Gasteiger charge is 1.98. The van der Waals surface area contributed by atoms with Gasteiger partial charge < -0.3 is 4.74 Å². The summed E-state index contributed by atoms with van der Waals surface area (Å²) < 4.78 is 5.31. The van der Waals surface area contributed by atoms with Gasteiger partial charge in [0.2, 0.25) is 5.90 Å². The Morgan fingerprint density at radius 3 is 3.13 bits per heavy atom. The first-order valence-electron chi connectivity index (χ1n) is 4.36. The van der Waals surface area contributed by atoms with E-state index in [2.05, 4.69) is 16.6 Å². The van der Waals surface area contributed by atoms with Crippen LogP contribution in [0.4, 0.5) is 0 Å². The molecule has 0 bridgehead atoms. The lowest BCUT2D eigenvalue weighted by molar-refractivity contribution is 0.294. The van der Waals surface area contributed by atoms with Crippen molar-refractivity contribution in [2.45, 2.75) is 6.61 Å². The molecule has 0 aliphatic heterocycles. The Bertz CT molecular complexity index is 418. The van der Waals surface area contributed by atoms with Crippen molar-refractivity contribution in [3.8, 4) is 6.07 Å². The molecular weight excluding hydrogens is 190 g/mol. The molecule has 1 heterocycles. The van der Waals surface area contributed by atoms with Gasteiger partial charge in [0.1, 0.15) is 12.7 Å². The van der Waals surface area contributed by atoms with Crippen molar-refractivity contribution in [3.05, 3.63) is 42.2 Å². The molecule has 0 radical (unpaired) electrons. The Kier molecular flexibility index (Phi) is 4.05. The lowest BCUT2D eigenvalue weighted by Crippen LogP contribution is -2.01. The molecule has 0 saturated carbocycles. The number of pyridine rings is 1. The molecule has 0 atom stereocenters. The van der Waals surface area contributed by atoms with Crippen LogP contribution in [-0.2, 0) is 11.3 Å². The first-order chi connectivity index (χ1) is 7.30. The van der Waals surface area contributed by atoms with Gasteiger partial charge in [-0.1, -0.05) is 6.58 Å². The fraction of sp³-hybridized carbons (Fsp3) is 0.182. The number of hydrogen-bond donors (Lipinski definition) is 0. The van der Waals surface area contributed by atoms with Crippen molar-refractivity contribution in [1.82, 2.24) is 4.98 Å². The van der Waals surface area contributed by atoms with Gasteiger partial charge in [-0.2, -0.15) is 5.26 Å². The van der Waals surface area contributed by atoms with Crippen LogP contribution in [0.5, 0.6) is 0 Å². The van der Waals surface area contributed by atoms with E-state index < -0.39 is 0 Å². The normalized spacial score (nSPS) is 10.5. The topological polar surface area (TPSA) is 58.3 Å². The molecule has 0 unspecified atom stereocenters. The van der Waals surface area contributed by atoms with Gasteiger partial charge in [-0.15, -0.1) is 0 Å². The van der Waals surface area contributed by atoms with E-state index in [1.165, 1.54) is 12.3 Å². The Morgan fingerprint density at radius 2 is 2.53 bits per heavy atom. The zero-order valence-corrected chi connectivity index (χ0v) is 8.47. The van der Waals surface area contributed by atoms with Gasteiger partial charge >= 0.3 is 0 Å². The third-order valence-electron chi connectivity index (χ3n) is 1.71. The van der Waals surface area contributed by atoms with Crippen molar-refractivity contribution < 1.29 is 4.74 Å². The number of aliphatic imine (C=N–C) groups is 1. The number of nitrogens with zero attached hydrogens (tertiary/aromatic N) is 3. The van der Waals surface area contributed by atoms with Gasteiger partial charge in [-0.25, -0.2) is 0 Å². The third kappa shape index (κ3) is 3.24. The molecule has 0 N–H and O–H groups in total. The van der Waals surface area contributed by atoms with Crippen LogP contribution < -0.4 is 0 Å². The summed E-state index contributed by atoms with van der Waals surface area (Å²) in [5.41, 5.74) is 1.35. The van der Waals surface area contributed by atoms with E-state index >= 15 is 0 Å². The van der Waals surface area contributed by atoms with Gasteiger partial charge in [0, 0.05) is 25.0 Å². The van der Waals surface area contributed by atoms with Crippen LogP contribution in [0.15, 0.2) is 36.1 Å². The average molecular weight is 201 g/mol. The molecule has 76 valence electrons. The second-order valence-corrected chi connectivity index (χ2v) is 2.75. The first kappa shape index (κ1) is 10.9. The molecule has 0 saturated heterocycles. The molecule has 4 nitrogen and oxygen atoms in total. The number of ether oxygens (including phenoxy) is 1. The molecule has 4 heteroatoms. The molecule has 1 rings (SSSR count). The van der Waals surface area contributed by atoms with E-state index in [1.54, 1.807) is 19.3 Å². The smallest absolute Gasteiger partial charge is 0.207 e. The summed E-state index contributed by atoms with van der Waals surface area (Å²) in [6.07, 6.45) is 4.69. The van der Waals surface area contributed by atoms with Crippen LogP contribution in [0.1, 0.15) is 11.1 Å². The third-order valence-corrected chi connectivity index (χ3v) is 1.71. The van der Waals surface area contributed by atoms with Crippen LogP contribution in [0.25, 0.3) is 0 Å². The fourth-order valence-corrected chi connectivity index (χ4v) is 1.000. The van der Waals surface area contributed by atoms with Crippen LogP contribution in [0, 0.1) is 11.3 Å². The summed E-state index contributed by atoms with van der Waals surface area (Å²) in [5.74, 6) is 0.470. The Hall–Kier alpha value is -2.15. The first-order valence-corrected chi connectivity index (χ1v) is 4.36. The largest absolute Gasteiger partial charge is 0.473 e. The summed E-state index contributed by atoms with van der Waals surface area (Å²) >= 11 is 0. The quantitative estimate of drug-likeness (QED) is 0.552. The Labute approximate surface area is 88.6 Å². The maximum atomic E-state index is 8.66. The van der Waals surface area contributed by atoms with E-state index in [-0.39, 0.29) is 0 Å². The molecule has 0 aromatic carbocycles. The highest BCUT2D eigenvalue weighted by molar-refractivity contribution is 5.86. The molecule has 0 amide bonds. The summed E-state index contributed by atoms with van der Waals surface area (Å²) in [6, 6.07) is 3.74. The van der Waals surface area contributed by atoms with Crippen molar-refractivity contribution in [2.75, 3.05) is 7.05 Å². The second-order valence-electron chi connectivity index (χ2n) is 2.75. The SMILES string of the molecule is C=CC(=NC)OCc1cncc(C#N)c1. The minimum absolute atomic E-state index is 0.335. The molecule has 0 aliphatic carbocycles. The van der Waals surface area contributed by atoms with Crippen molar-refractivity contribution in [3.63, 3.8) is 0 Å². The van der Waals surface area contributed by atoms with Crippen molar-refractivity contribution in [1.29, 1.82) is 5.26 Å². The van der Waals surface area contributed by atoms with Gasteiger partial charge in [-0.05, 0) is 12.1 Å². The summed E-state index contributed by atoms with van der Waals surface area (Å²) in [7, 11) is 1.63. The lowest BCUT2D eigenvalue weighted by atomic mass is 10.2. The lowest BCUT2D eigenvalue weighted by Gasteiger charge is -2.04. The number of nitriles is 1. The standard InChI is InChI=1S/C11H11N3O/c1-3-11(13-2)15-8-10-4-9(5-12)6-14-7-10/h3-4,6-7H,1,8H2,2H3. The summed E-state index contributed by atoms with van der Waals surface area (Å²) in [6.45, 7) is 3.89. The maximum absolute atomic E-state index is 8.66. The van der Waals surface area contributed by atoms with Crippen LogP contribution >= 0.6 is 0 Å². The number of rotatable bonds is 3. The second kappa shape index (κ2) is 5.55. The van der Waals surface area contributed by atoms with Gasteiger partial charge in [0.05, 0.1) is 5.56 Å². The molecule has 0 spiro atoms. The minimum Gasteiger partial charge on any atom is -0.473 e. The van der Waals surface area contributed by atoms with E-state index in [0.29, 0.717) is 18.1 Å². The zero-order chi connectivity index (χ0) is 11.1. The van der Waals surface area contributed by atoms with Gasteiger partial charge in [-0.3, -0.25) is 9.98 Å². The molecule has 1 aromatic heterocycles. The van der Waals surface area contributed by atoms with Crippen LogP contribution in [0.2, 0.25) is 0 Å². The van der Waals surface area contributed by atoms with E-state index in [9.17, 15) is 0 Å². The van der Waals surface area contributed by atoms with E-state index in [0.717, 1.165) is 5.56 Å². The molecule has 0 aliphatic rings. The Balaban J connectivity index is 2.66. The van der Waals surface area contributed by atoms with Crippen LogP contribution in [0.3, 0.4) is 0 Å². The predicted octanol–water partition coefficient (Wildman–Crippen LogP) is 1.68. The van der Waals surface area contributed by atoms with Gasteiger partial charge in [0.25, 0.3) is 0 Å². The highest BCUT2D eigenvalue weighted by Crippen LogP contribution is 2.03. The number of aromatic nitrogens is 1. The molecule has 1 aromatic rings. The molecule has 0 fully saturated rings. The molecule has 15 heavy (non-hydrogen) atoms. The average Bonchev–Trinajstić information content (AvgIpc) is 2.31. The molecular formula is C11H11N3O. The van der Waals surface area contributed by atoms with E-state index in [4.69, 9.17) is 10.00 Å². The van der Waals surface area contributed by atoms with Crippen molar-refractivity contribution in [2.24, 2.45) is 4.99 Å². The zero-order valence-electron chi connectivity index (χ0n) is 8.47.